The van der Waals surface area contributed by atoms with E-state index >= 15 is 0 Å². The second-order valence-electron chi connectivity index (χ2n) is 3.14. The Bertz CT molecular complexity index is 297. The molecule has 0 aliphatic heterocycles. The molecule has 14 heavy (non-hydrogen) atoms. The monoisotopic (exact) mass is 212 g/mol. The minimum atomic E-state index is -2.47. The Morgan fingerprint density at radius 2 is 1.64 bits per heavy atom. The number of rotatable bonds is 4. The fourth-order valence-corrected chi connectivity index (χ4v) is 2.00. The van der Waals surface area contributed by atoms with Crippen LogP contribution in [0.5, 0.6) is 5.75 Å². The SMILES string of the molecule is CO[Si](C)(OC)Oc1ccccc1C. The lowest BCUT2D eigenvalue weighted by molar-refractivity contribution is 0.169. The maximum atomic E-state index is 5.73. The fourth-order valence-electron chi connectivity index (χ4n) is 1.04. The Balaban J connectivity index is 2.82. The molecule has 0 fully saturated rings. The van der Waals surface area contributed by atoms with Crippen LogP contribution in [0.3, 0.4) is 0 Å². The standard InChI is InChI=1S/C10H16O3Si/c1-9-7-5-6-8-10(9)13-14(4,11-2)12-3/h5-8H,1-4H3. The first-order chi connectivity index (χ1) is 6.61. The molecule has 0 heterocycles. The maximum absolute atomic E-state index is 5.73. The molecule has 1 aromatic carbocycles. The first-order valence-electron chi connectivity index (χ1n) is 4.46. The van der Waals surface area contributed by atoms with Gasteiger partial charge in [0.25, 0.3) is 0 Å². The highest BCUT2D eigenvalue weighted by Gasteiger charge is 2.34. The Hall–Kier alpha value is -0.843. The van der Waals surface area contributed by atoms with Crippen molar-refractivity contribution in [3.8, 4) is 5.75 Å². The predicted octanol–water partition coefficient (Wildman–Crippen LogP) is 2.24. The molecule has 0 unspecified atom stereocenters. The highest BCUT2D eigenvalue weighted by molar-refractivity contribution is 6.59. The summed E-state index contributed by atoms with van der Waals surface area (Å²) in [5, 5.41) is 0. The summed E-state index contributed by atoms with van der Waals surface area (Å²) in [6.45, 7) is 3.86. The second kappa shape index (κ2) is 4.59. The van der Waals surface area contributed by atoms with E-state index in [1.165, 1.54) is 0 Å². The summed E-state index contributed by atoms with van der Waals surface area (Å²) in [4.78, 5) is 0. The topological polar surface area (TPSA) is 27.7 Å². The molecule has 0 atom stereocenters. The van der Waals surface area contributed by atoms with E-state index < -0.39 is 8.80 Å². The Labute approximate surface area is 86.0 Å². The average molecular weight is 212 g/mol. The van der Waals surface area contributed by atoms with Crippen LogP contribution < -0.4 is 4.43 Å². The van der Waals surface area contributed by atoms with Crippen molar-refractivity contribution in [1.82, 2.24) is 0 Å². The average Bonchev–Trinajstić information content (AvgIpc) is 2.21. The molecule has 1 aromatic rings. The molecule has 0 bridgehead atoms. The van der Waals surface area contributed by atoms with Crippen LogP contribution in [0.2, 0.25) is 6.55 Å². The van der Waals surface area contributed by atoms with Gasteiger partial charge in [0.1, 0.15) is 5.75 Å². The highest BCUT2D eigenvalue weighted by Crippen LogP contribution is 2.20. The lowest BCUT2D eigenvalue weighted by Gasteiger charge is -2.23. The van der Waals surface area contributed by atoms with Gasteiger partial charge in [0.15, 0.2) is 0 Å². The molecule has 1 rings (SSSR count). The highest BCUT2D eigenvalue weighted by atomic mass is 28.4. The van der Waals surface area contributed by atoms with Gasteiger partial charge in [-0.3, -0.25) is 0 Å². The van der Waals surface area contributed by atoms with Gasteiger partial charge in [-0.05, 0) is 18.6 Å². The Kier molecular flexibility index (Phi) is 3.68. The minimum Gasteiger partial charge on any atom is -0.501 e. The quantitative estimate of drug-likeness (QED) is 0.716. The molecule has 0 saturated carbocycles. The van der Waals surface area contributed by atoms with Gasteiger partial charge < -0.3 is 13.3 Å². The van der Waals surface area contributed by atoms with E-state index in [1.807, 2.05) is 37.7 Å². The number of para-hydroxylation sites is 1. The smallest absolute Gasteiger partial charge is 0.501 e. The zero-order valence-corrected chi connectivity index (χ0v) is 10.0. The van der Waals surface area contributed by atoms with E-state index in [9.17, 15) is 0 Å². The van der Waals surface area contributed by atoms with Crippen LogP contribution in [0.15, 0.2) is 24.3 Å². The molecular weight excluding hydrogens is 196 g/mol. The van der Waals surface area contributed by atoms with Crippen LogP contribution in [0, 0.1) is 6.92 Å². The molecule has 4 heteroatoms. The van der Waals surface area contributed by atoms with Crippen LogP contribution in [-0.4, -0.2) is 23.0 Å². The molecule has 0 spiro atoms. The summed E-state index contributed by atoms with van der Waals surface area (Å²) in [5.74, 6) is 0.824. The normalized spacial score (nSPS) is 11.4. The summed E-state index contributed by atoms with van der Waals surface area (Å²) < 4.78 is 16.2. The lowest BCUT2D eigenvalue weighted by Crippen LogP contribution is -2.43. The minimum absolute atomic E-state index is 0.824. The molecular formula is C10H16O3Si. The van der Waals surface area contributed by atoms with Crippen molar-refractivity contribution in [2.75, 3.05) is 14.2 Å². The first-order valence-corrected chi connectivity index (χ1v) is 6.69. The van der Waals surface area contributed by atoms with Gasteiger partial charge >= 0.3 is 8.80 Å². The van der Waals surface area contributed by atoms with Crippen molar-refractivity contribution in [2.24, 2.45) is 0 Å². The number of aryl methyl sites for hydroxylation is 1. The van der Waals surface area contributed by atoms with Gasteiger partial charge in [-0.15, -0.1) is 0 Å². The van der Waals surface area contributed by atoms with Gasteiger partial charge in [0.05, 0.1) is 0 Å². The van der Waals surface area contributed by atoms with E-state index in [4.69, 9.17) is 13.3 Å². The maximum Gasteiger partial charge on any atom is 0.562 e. The van der Waals surface area contributed by atoms with Crippen molar-refractivity contribution in [2.45, 2.75) is 13.5 Å². The molecule has 0 N–H and O–H groups in total. The summed E-state index contributed by atoms with van der Waals surface area (Å²) in [5.41, 5.74) is 1.08. The fraction of sp³-hybridized carbons (Fsp3) is 0.400. The third-order valence-electron chi connectivity index (χ3n) is 2.13. The largest absolute Gasteiger partial charge is 0.562 e. The van der Waals surface area contributed by atoms with E-state index in [2.05, 4.69) is 0 Å². The van der Waals surface area contributed by atoms with E-state index in [0.29, 0.717) is 0 Å². The van der Waals surface area contributed by atoms with Crippen LogP contribution in [0.1, 0.15) is 5.56 Å². The molecule has 0 radical (unpaired) electrons. The summed E-state index contributed by atoms with van der Waals surface area (Å²) in [6, 6.07) is 7.82. The van der Waals surface area contributed by atoms with Gasteiger partial charge in [-0.1, -0.05) is 18.2 Å². The molecule has 0 amide bonds. The van der Waals surface area contributed by atoms with E-state index in [1.54, 1.807) is 14.2 Å². The van der Waals surface area contributed by atoms with Crippen LogP contribution in [0.25, 0.3) is 0 Å². The van der Waals surface area contributed by atoms with Gasteiger partial charge in [-0.25, -0.2) is 0 Å². The molecule has 3 nitrogen and oxygen atoms in total. The van der Waals surface area contributed by atoms with Crippen LogP contribution in [0.4, 0.5) is 0 Å². The lowest BCUT2D eigenvalue weighted by atomic mass is 10.2. The number of benzene rings is 1. The third kappa shape index (κ3) is 2.57. The first kappa shape index (κ1) is 11.2. The van der Waals surface area contributed by atoms with Crippen LogP contribution >= 0.6 is 0 Å². The number of hydrogen-bond acceptors (Lipinski definition) is 3. The van der Waals surface area contributed by atoms with Gasteiger partial charge in [0.2, 0.25) is 0 Å². The van der Waals surface area contributed by atoms with Crippen molar-refractivity contribution < 1.29 is 13.3 Å². The molecule has 78 valence electrons. The Morgan fingerprint density at radius 1 is 1.07 bits per heavy atom. The molecule has 0 aliphatic rings. The van der Waals surface area contributed by atoms with Crippen molar-refractivity contribution in [3.63, 3.8) is 0 Å². The van der Waals surface area contributed by atoms with Crippen molar-refractivity contribution >= 4 is 8.80 Å². The van der Waals surface area contributed by atoms with Gasteiger partial charge in [0, 0.05) is 20.8 Å². The van der Waals surface area contributed by atoms with E-state index in [0.717, 1.165) is 11.3 Å². The Morgan fingerprint density at radius 3 is 2.14 bits per heavy atom. The second-order valence-corrected chi connectivity index (χ2v) is 5.88. The van der Waals surface area contributed by atoms with Crippen molar-refractivity contribution in [3.05, 3.63) is 29.8 Å². The summed E-state index contributed by atoms with van der Waals surface area (Å²) in [6.07, 6.45) is 0. The molecule has 0 aromatic heterocycles. The van der Waals surface area contributed by atoms with Crippen molar-refractivity contribution in [1.29, 1.82) is 0 Å². The predicted molar refractivity (Wildman–Crippen MR) is 57.4 cm³/mol. The zero-order valence-electron chi connectivity index (χ0n) is 9.03. The van der Waals surface area contributed by atoms with E-state index in [-0.39, 0.29) is 0 Å². The zero-order chi connectivity index (χ0) is 10.6. The third-order valence-corrected chi connectivity index (χ3v) is 4.20. The summed E-state index contributed by atoms with van der Waals surface area (Å²) >= 11 is 0. The summed E-state index contributed by atoms with van der Waals surface area (Å²) in [7, 11) is 0.741. The van der Waals surface area contributed by atoms with Gasteiger partial charge in [-0.2, -0.15) is 0 Å². The molecule has 0 saturated heterocycles. The van der Waals surface area contributed by atoms with Crippen LogP contribution in [-0.2, 0) is 8.85 Å². The molecule has 0 aliphatic carbocycles. The number of hydrogen-bond donors (Lipinski definition) is 0.